The van der Waals surface area contributed by atoms with Crippen molar-refractivity contribution < 1.29 is 9.59 Å². The highest BCUT2D eigenvalue weighted by Gasteiger charge is 2.32. The van der Waals surface area contributed by atoms with Crippen LogP contribution >= 0.6 is 0 Å². The lowest BCUT2D eigenvalue weighted by Gasteiger charge is -2.38. The molecule has 0 aromatic heterocycles. The van der Waals surface area contributed by atoms with Crippen molar-refractivity contribution in [1.82, 2.24) is 15.1 Å². The molecular weight excluding hydrogens is 314 g/mol. The average molecular weight is 343 g/mol. The summed E-state index contributed by atoms with van der Waals surface area (Å²) in [5.74, 6) is 0.354. The first-order valence-electron chi connectivity index (χ1n) is 9.44. The number of rotatable bonds is 4. The lowest BCUT2D eigenvalue weighted by molar-refractivity contribution is -0.139. The summed E-state index contributed by atoms with van der Waals surface area (Å²) in [6, 6.07) is 10.6. The second kappa shape index (κ2) is 8.48. The van der Waals surface area contributed by atoms with Gasteiger partial charge in [0.25, 0.3) is 0 Å². The molecule has 2 fully saturated rings. The van der Waals surface area contributed by atoms with Gasteiger partial charge in [0.1, 0.15) is 0 Å². The van der Waals surface area contributed by atoms with Gasteiger partial charge in [-0.05, 0) is 37.8 Å². The molecular formula is C20H29N3O2. The summed E-state index contributed by atoms with van der Waals surface area (Å²) in [6.07, 6.45) is 3.99. The van der Waals surface area contributed by atoms with E-state index in [2.05, 4.69) is 34.5 Å². The predicted octanol–water partition coefficient (Wildman–Crippen LogP) is 2.03. The number of likely N-dealkylation sites (tertiary alicyclic amines) is 2. The number of hydrogen-bond donors (Lipinski definition) is 1. The van der Waals surface area contributed by atoms with Crippen molar-refractivity contribution in [2.75, 3.05) is 26.2 Å². The van der Waals surface area contributed by atoms with Crippen LogP contribution in [0.2, 0.25) is 0 Å². The number of nitrogens with one attached hydrogen (secondary N) is 1. The van der Waals surface area contributed by atoms with Crippen LogP contribution in [0, 0.1) is 5.92 Å². The van der Waals surface area contributed by atoms with Gasteiger partial charge in [-0.3, -0.25) is 14.5 Å². The fraction of sp³-hybridized carbons (Fsp3) is 0.600. The van der Waals surface area contributed by atoms with Gasteiger partial charge >= 0.3 is 0 Å². The molecule has 2 aliphatic rings. The van der Waals surface area contributed by atoms with Crippen LogP contribution in [0.5, 0.6) is 0 Å². The van der Waals surface area contributed by atoms with E-state index in [1.54, 1.807) is 6.92 Å². The maximum atomic E-state index is 13.0. The molecule has 2 amide bonds. The molecule has 0 radical (unpaired) electrons. The van der Waals surface area contributed by atoms with Crippen LogP contribution < -0.4 is 5.32 Å². The first kappa shape index (κ1) is 17.9. The lowest BCUT2D eigenvalue weighted by Crippen LogP contribution is -2.52. The molecule has 1 N–H and O–H groups in total. The summed E-state index contributed by atoms with van der Waals surface area (Å²) < 4.78 is 0. The monoisotopic (exact) mass is 343 g/mol. The van der Waals surface area contributed by atoms with Crippen molar-refractivity contribution in [1.29, 1.82) is 0 Å². The fourth-order valence-electron chi connectivity index (χ4n) is 4.08. The minimum absolute atomic E-state index is 0.00833. The van der Waals surface area contributed by atoms with Gasteiger partial charge in [0.15, 0.2) is 0 Å². The number of nitrogens with zero attached hydrogens (tertiary/aromatic N) is 2. The smallest absolute Gasteiger partial charge is 0.227 e. The molecule has 0 spiro atoms. The number of benzene rings is 1. The van der Waals surface area contributed by atoms with E-state index in [1.807, 2.05) is 11.0 Å². The van der Waals surface area contributed by atoms with E-state index < -0.39 is 0 Å². The molecule has 5 heteroatoms. The van der Waals surface area contributed by atoms with Crippen LogP contribution in [0.25, 0.3) is 0 Å². The Bertz CT molecular complexity index is 590. The highest BCUT2D eigenvalue weighted by Crippen LogP contribution is 2.22. The van der Waals surface area contributed by atoms with E-state index in [0.717, 1.165) is 51.9 Å². The number of carbonyl (C=O) groups is 2. The van der Waals surface area contributed by atoms with Gasteiger partial charge in [0, 0.05) is 39.1 Å². The van der Waals surface area contributed by atoms with E-state index in [1.165, 1.54) is 5.56 Å². The third kappa shape index (κ3) is 5.05. The first-order valence-corrected chi connectivity index (χ1v) is 9.44. The Hall–Kier alpha value is -1.88. The number of amides is 2. The molecule has 2 unspecified atom stereocenters. The Morgan fingerprint density at radius 1 is 1.08 bits per heavy atom. The van der Waals surface area contributed by atoms with Gasteiger partial charge in [0.2, 0.25) is 11.8 Å². The van der Waals surface area contributed by atoms with Crippen molar-refractivity contribution in [2.24, 2.45) is 5.92 Å². The van der Waals surface area contributed by atoms with E-state index in [-0.39, 0.29) is 23.8 Å². The highest BCUT2D eigenvalue weighted by atomic mass is 16.2. The zero-order valence-corrected chi connectivity index (χ0v) is 15.1. The lowest BCUT2D eigenvalue weighted by atomic mass is 9.94. The summed E-state index contributed by atoms with van der Waals surface area (Å²) in [5, 5.41) is 2.97. The maximum absolute atomic E-state index is 13.0. The maximum Gasteiger partial charge on any atom is 0.227 e. The van der Waals surface area contributed by atoms with Crippen LogP contribution in [0.3, 0.4) is 0 Å². The van der Waals surface area contributed by atoms with Gasteiger partial charge in [-0.25, -0.2) is 0 Å². The standard InChI is InChI=1S/C20H29N3O2/c1-16(24)21-19-10-6-12-23(15-19)20(25)18-9-5-11-22(14-18)13-17-7-3-2-4-8-17/h2-4,7-8,18-19H,5-6,9-15H2,1H3,(H,21,24). The third-order valence-electron chi connectivity index (χ3n) is 5.24. The summed E-state index contributed by atoms with van der Waals surface area (Å²) in [6.45, 7) is 5.85. The molecule has 5 nitrogen and oxygen atoms in total. The topological polar surface area (TPSA) is 52.7 Å². The molecule has 2 aliphatic heterocycles. The van der Waals surface area contributed by atoms with Crippen LogP contribution in [0.1, 0.15) is 38.2 Å². The Balaban J connectivity index is 1.55. The number of carbonyl (C=O) groups excluding carboxylic acids is 2. The number of piperidine rings is 2. The molecule has 25 heavy (non-hydrogen) atoms. The minimum Gasteiger partial charge on any atom is -0.352 e. The normalized spacial score (nSPS) is 24.8. The Morgan fingerprint density at radius 2 is 1.84 bits per heavy atom. The predicted molar refractivity (Wildman–Crippen MR) is 97.9 cm³/mol. The molecule has 0 aliphatic carbocycles. The van der Waals surface area contributed by atoms with Crippen molar-refractivity contribution in [3.8, 4) is 0 Å². The van der Waals surface area contributed by atoms with Gasteiger partial charge < -0.3 is 10.2 Å². The van der Waals surface area contributed by atoms with Crippen LogP contribution in [-0.2, 0) is 16.1 Å². The summed E-state index contributed by atoms with van der Waals surface area (Å²) >= 11 is 0. The van der Waals surface area contributed by atoms with Crippen LogP contribution in [-0.4, -0.2) is 53.8 Å². The largest absolute Gasteiger partial charge is 0.352 e. The molecule has 0 saturated carbocycles. The summed E-state index contributed by atoms with van der Waals surface area (Å²) in [4.78, 5) is 28.6. The van der Waals surface area contributed by atoms with Gasteiger partial charge in [-0.1, -0.05) is 30.3 Å². The fourth-order valence-corrected chi connectivity index (χ4v) is 4.08. The quantitative estimate of drug-likeness (QED) is 0.910. The van der Waals surface area contributed by atoms with E-state index in [9.17, 15) is 9.59 Å². The molecule has 1 aromatic carbocycles. The highest BCUT2D eigenvalue weighted by molar-refractivity contribution is 5.79. The average Bonchev–Trinajstić information content (AvgIpc) is 2.62. The first-order chi connectivity index (χ1) is 12.1. The van der Waals surface area contributed by atoms with Crippen molar-refractivity contribution in [3.63, 3.8) is 0 Å². The Labute approximate surface area is 150 Å². The van der Waals surface area contributed by atoms with Crippen LogP contribution in [0.4, 0.5) is 0 Å². The van der Waals surface area contributed by atoms with Crippen molar-refractivity contribution in [2.45, 2.75) is 45.2 Å². The summed E-state index contributed by atoms with van der Waals surface area (Å²) in [5.41, 5.74) is 1.30. The van der Waals surface area contributed by atoms with Gasteiger partial charge in [-0.15, -0.1) is 0 Å². The molecule has 2 atom stereocenters. The third-order valence-corrected chi connectivity index (χ3v) is 5.24. The van der Waals surface area contributed by atoms with Gasteiger partial charge in [-0.2, -0.15) is 0 Å². The van der Waals surface area contributed by atoms with Crippen molar-refractivity contribution in [3.05, 3.63) is 35.9 Å². The summed E-state index contributed by atoms with van der Waals surface area (Å²) in [7, 11) is 0. The van der Waals surface area contributed by atoms with E-state index in [0.29, 0.717) is 6.54 Å². The van der Waals surface area contributed by atoms with E-state index in [4.69, 9.17) is 0 Å². The second-order valence-electron chi connectivity index (χ2n) is 7.38. The van der Waals surface area contributed by atoms with Gasteiger partial charge in [0.05, 0.1) is 5.92 Å². The Morgan fingerprint density at radius 3 is 2.60 bits per heavy atom. The molecule has 2 saturated heterocycles. The molecule has 1 aromatic rings. The van der Waals surface area contributed by atoms with E-state index >= 15 is 0 Å². The molecule has 3 rings (SSSR count). The molecule has 2 heterocycles. The second-order valence-corrected chi connectivity index (χ2v) is 7.38. The zero-order chi connectivity index (χ0) is 17.6. The zero-order valence-electron chi connectivity index (χ0n) is 15.1. The molecule has 0 bridgehead atoms. The number of hydrogen-bond acceptors (Lipinski definition) is 3. The minimum atomic E-state index is -0.00833. The van der Waals surface area contributed by atoms with Crippen molar-refractivity contribution >= 4 is 11.8 Å². The molecule has 136 valence electrons. The Kier molecular flexibility index (Phi) is 6.08. The van der Waals surface area contributed by atoms with Crippen LogP contribution in [0.15, 0.2) is 30.3 Å². The SMILES string of the molecule is CC(=O)NC1CCCN(C(=O)C2CCCN(Cc3ccccc3)C2)C1.